The summed E-state index contributed by atoms with van der Waals surface area (Å²) < 4.78 is 55.5. The van der Waals surface area contributed by atoms with Crippen LogP contribution in [0.3, 0.4) is 0 Å². The Morgan fingerprint density at radius 3 is 2.61 bits per heavy atom. The quantitative estimate of drug-likeness (QED) is 0.621. The van der Waals surface area contributed by atoms with Crippen LogP contribution in [0.2, 0.25) is 0 Å². The summed E-state index contributed by atoms with van der Waals surface area (Å²) in [5.74, 6) is -0.462. The predicted molar refractivity (Wildman–Crippen MR) is 91.9 cm³/mol. The van der Waals surface area contributed by atoms with Crippen molar-refractivity contribution in [3.63, 3.8) is 0 Å². The topological polar surface area (TPSA) is 77.6 Å². The highest BCUT2D eigenvalue weighted by atomic mass is 19.3. The standard InChI is InChI=1S/C17H18F4N6O/c1-3-26-7-10(6-23-26)5-22-13(28)8-27-17-14(9(2)25-27)11(15(18)19)4-12(24-17)16(20)21/h4,6-7,15-16H,3,5,8H2,1-2H3,(H,22,28). The van der Waals surface area contributed by atoms with Gasteiger partial charge in [0.25, 0.3) is 12.9 Å². The first-order chi connectivity index (χ1) is 13.3. The summed E-state index contributed by atoms with van der Waals surface area (Å²) in [6.45, 7) is 3.96. The number of nitrogens with zero attached hydrogens (tertiary/aromatic N) is 5. The molecule has 0 saturated carbocycles. The van der Waals surface area contributed by atoms with E-state index in [9.17, 15) is 22.4 Å². The maximum Gasteiger partial charge on any atom is 0.280 e. The number of amides is 1. The molecule has 3 heterocycles. The van der Waals surface area contributed by atoms with Gasteiger partial charge in [0.05, 0.1) is 17.3 Å². The van der Waals surface area contributed by atoms with E-state index in [1.807, 2.05) is 6.92 Å². The second kappa shape index (κ2) is 7.95. The predicted octanol–water partition coefficient (Wildman–Crippen LogP) is 3.15. The molecule has 0 saturated heterocycles. The Hall–Kier alpha value is -2.98. The van der Waals surface area contributed by atoms with Crippen molar-refractivity contribution in [1.82, 2.24) is 29.9 Å². The highest BCUT2D eigenvalue weighted by Gasteiger charge is 2.23. The van der Waals surface area contributed by atoms with Gasteiger partial charge in [-0.15, -0.1) is 0 Å². The van der Waals surface area contributed by atoms with Crippen molar-refractivity contribution in [2.45, 2.75) is 46.3 Å². The van der Waals surface area contributed by atoms with Crippen LogP contribution in [0.25, 0.3) is 11.0 Å². The van der Waals surface area contributed by atoms with E-state index in [2.05, 4.69) is 20.5 Å². The van der Waals surface area contributed by atoms with Crippen LogP contribution in [0.15, 0.2) is 18.5 Å². The number of carbonyl (C=O) groups is 1. The number of aromatic nitrogens is 5. The van der Waals surface area contributed by atoms with Crippen LogP contribution in [0.4, 0.5) is 17.6 Å². The zero-order valence-corrected chi connectivity index (χ0v) is 15.2. The normalized spacial score (nSPS) is 11.7. The van der Waals surface area contributed by atoms with Gasteiger partial charge in [-0.3, -0.25) is 9.48 Å². The van der Waals surface area contributed by atoms with Gasteiger partial charge in [0.2, 0.25) is 5.91 Å². The van der Waals surface area contributed by atoms with Crippen LogP contribution in [0, 0.1) is 6.92 Å². The maximum absolute atomic E-state index is 13.3. The summed E-state index contributed by atoms with van der Waals surface area (Å²) in [5, 5.41) is 10.8. The molecule has 0 radical (unpaired) electrons. The van der Waals surface area contributed by atoms with E-state index in [0.717, 1.165) is 10.2 Å². The first kappa shape index (κ1) is 19.8. The Labute approximate surface area is 157 Å². The molecule has 3 rings (SSSR count). The van der Waals surface area contributed by atoms with Gasteiger partial charge in [0, 0.05) is 30.4 Å². The number of nitrogens with one attached hydrogen (secondary N) is 1. The third-order valence-electron chi connectivity index (χ3n) is 4.18. The average Bonchev–Trinajstić information content (AvgIpc) is 3.24. The van der Waals surface area contributed by atoms with Gasteiger partial charge in [-0.2, -0.15) is 10.2 Å². The van der Waals surface area contributed by atoms with Crippen molar-refractivity contribution in [3.05, 3.63) is 41.0 Å². The molecule has 150 valence electrons. The fraction of sp³-hybridized carbons (Fsp3) is 0.412. The van der Waals surface area contributed by atoms with E-state index in [1.54, 1.807) is 17.1 Å². The van der Waals surface area contributed by atoms with Crippen molar-refractivity contribution in [3.8, 4) is 0 Å². The number of pyridine rings is 1. The zero-order valence-electron chi connectivity index (χ0n) is 15.2. The Morgan fingerprint density at radius 1 is 1.25 bits per heavy atom. The molecule has 0 aliphatic rings. The molecular weight excluding hydrogens is 380 g/mol. The summed E-state index contributed by atoms with van der Waals surface area (Å²) in [7, 11) is 0. The van der Waals surface area contributed by atoms with Gasteiger partial charge >= 0.3 is 0 Å². The summed E-state index contributed by atoms with van der Waals surface area (Å²) >= 11 is 0. The lowest BCUT2D eigenvalue weighted by Crippen LogP contribution is -2.27. The van der Waals surface area contributed by atoms with Crippen LogP contribution in [0.5, 0.6) is 0 Å². The van der Waals surface area contributed by atoms with Crippen LogP contribution in [-0.2, 0) is 24.4 Å². The zero-order chi connectivity index (χ0) is 20.4. The largest absolute Gasteiger partial charge is 0.350 e. The molecule has 0 unspecified atom stereocenters. The molecule has 7 nitrogen and oxygen atoms in total. The number of hydrogen-bond donors (Lipinski definition) is 1. The Bertz CT molecular complexity index is 997. The second-order valence-electron chi connectivity index (χ2n) is 6.16. The average molecular weight is 398 g/mol. The molecule has 3 aromatic heterocycles. The number of alkyl halides is 4. The SMILES string of the molecule is CCn1cc(CNC(=O)Cn2nc(C)c3c(C(F)F)cc(C(F)F)nc32)cn1. The summed E-state index contributed by atoms with van der Waals surface area (Å²) in [6.07, 6.45) is -2.60. The van der Waals surface area contributed by atoms with Gasteiger partial charge in [0.15, 0.2) is 5.65 Å². The summed E-state index contributed by atoms with van der Waals surface area (Å²) in [4.78, 5) is 16.0. The second-order valence-corrected chi connectivity index (χ2v) is 6.16. The molecule has 0 spiro atoms. The Morgan fingerprint density at radius 2 is 2.00 bits per heavy atom. The number of hydrogen-bond acceptors (Lipinski definition) is 4. The highest BCUT2D eigenvalue weighted by Crippen LogP contribution is 2.32. The molecule has 3 aromatic rings. The van der Waals surface area contributed by atoms with Gasteiger partial charge in [-0.25, -0.2) is 27.2 Å². The van der Waals surface area contributed by atoms with E-state index in [0.29, 0.717) is 12.6 Å². The Balaban J connectivity index is 1.85. The van der Waals surface area contributed by atoms with E-state index in [1.165, 1.54) is 6.92 Å². The van der Waals surface area contributed by atoms with Gasteiger partial charge in [-0.05, 0) is 19.9 Å². The van der Waals surface area contributed by atoms with Crippen LogP contribution in [0.1, 0.15) is 42.3 Å². The summed E-state index contributed by atoms with van der Waals surface area (Å²) in [6, 6.07) is 0.683. The maximum atomic E-state index is 13.3. The van der Waals surface area contributed by atoms with E-state index >= 15 is 0 Å². The number of fused-ring (bicyclic) bond motifs is 1. The highest BCUT2D eigenvalue weighted by molar-refractivity contribution is 5.84. The lowest BCUT2D eigenvalue weighted by molar-refractivity contribution is -0.121. The molecule has 1 amide bonds. The van der Waals surface area contributed by atoms with Crippen LogP contribution >= 0.6 is 0 Å². The third kappa shape index (κ3) is 3.97. The first-order valence-electron chi connectivity index (χ1n) is 8.52. The molecule has 0 aliphatic carbocycles. The third-order valence-corrected chi connectivity index (χ3v) is 4.18. The molecule has 0 aliphatic heterocycles. The van der Waals surface area contributed by atoms with Crippen molar-refractivity contribution in [2.75, 3.05) is 0 Å². The fourth-order valence-electron chi connectivity index (χ4n) is 2.86. The Kier molecular flexibility index (Phi) is 5.61. The lowest BCUT2D eigenvalue weighted by Gasteiger charge is -2.08. The number of carbonyl (C=O) groups excluding carboxylic acids is 1. The fourth-order valence-corrected chi connectivity index (χ4v) is 2.86. The molecule has 28 heavy (non-hydrogen) atoms. The molecule has 0 atom stereocenters. The molecule has 1 N–H and O–H groups in total. The van der Waals surface area contributed by atoms with Gasteiger partial charge < -0.3 is 5.32 Å². The minimum atomic E-state index is -3.02. The van der Waals surface area contributed by atoms with Crippen LogP contribution in [-0.4, -0.2) is 30.5 Å². The van der Waals surface area contributed by atoms with E-state index in [4.69, 9.17) is 0 Å². The number of halogens is 4. The number of rotatable bonds is 7. The lowest BCUT2D eigenvalue weighted by atomic mass is 10.1. The van der Waals surface area contributed by atoms with Gasteiger partial charge in [0.1, 0.15) is 12.2 Å². The smallest absolute Gasteiger partial charge is 0.280 e. The van der Waals surface area contributed by atoms with Gasteiger partial charge in [-0.1, -0.05) is 0 Å². The molecule has 11 heteroatoms. The minimum absolute atomic E-state index is 0.0172. The molecule has 0 bridgehead atoms. The van der Waals surface area contributed by atoms with Crippen LogP contribution < -0.4 is 5.32 Å². The molecule has 0 fully saturated rings. The summed E-state index contributed by atoms with van der Waals surface area (Å²) in [5.41, 5.74) is -0.544. The van der Waals surface area contributed by atoms with E-state index < -0.39 is 30.0 Å². The number of aryl methyl sites for hydroxylation is 2. The van der Waals surface area contributed by atoms with Crippen molar-refractivity contribution < 1.29 is 22.4 Å². The monoisotopic (exact) mass is 398 g/mol. The minimum Gasteiger partial charge on any atom is -0.350 e. The first-order valence-corrected chi connectivity index (χ1v) is 8.52. The van der Waals surface area contributed by atoms with Crippen molar-refractivity contribution >= 4 is 16.9 Å². The van der Waals surface area contributed by atoms with Crippen molar-refractivity contribution in [2.24, 2.45) is 0 Å². The molecule has 0 aromatic carbocycles. The molecular formula is C17H18F4N6O. The van der Waals surface area contributed by atoms with E-state index in [-0.39, 0.29) is 29.8 Å². The van der Waals surface area contributed by atoms with Crippen molar-refractivity contribution in [1.29, 1.82) is 0 Å².